The molecule has 26 heavy (non-hydrogen) atoms. The maximum absolute atomic E-state index is 13.1. The fourth-order valence-corrected chi connectivity index (χ4v) is 2.85. The van der Waals surface area contributed by atoms with Gasteiger partial charge in [0.2, 0.25) is 0 Å². The molecule has 0 aliphatic rings. The molecule has 0 unspecified atom stereocenters. The van der Waals surface area contributed by atoms with Gasteiger partial charge in [-0.1, -0.05) is 36.2 Å². The molecule has 0 saturated carbocycles. The van der Waals surface area contributed by atoms with Gasteiger partial charge in [-0.25, -0.2) is 5.01 Å². The zero-order valence-electron chi connectivity index (χ0n) is 16.5. The molecule has 4 nitrogen and oxygen atoms in total. The van der Waals surface area contributed by atoms with Crippen LogP contribution in [0.25, 0.3) is 0 Å². The van der Waals surface area contributed by atoms with Crippen LogP contribution in [0.1, 0.15) is 65.1 Å². The molecule has 0 heterocycles. The zero-order chi connectivity index (χ0) is 19.5. The summed E-state index contributed by atoms with van der Waals surface area (Å²) in [7, 11) is 0. The minimum Gasteiger partial charge on any atom is -0.267 e. The quantitative estimate of drug-likeness (QED) is 0.830. The lowest BCUT2D eigenvalue weighted by Crippen LogP contribution is -2.55. The van der Waals surface area contributed by atoms with Gasteiger partial charge in [-0.05, 0) is 70.9 Å². The van der Waals surface area contributed by atoms with Gasteiger partial charge in [-0.2, -0.15) is 0 Å². The molecule has 2 aromatic carbocycles. The van der Waals surface area contributed by atoms with Crippen LogP contribution in [0, 0.1) is 13.8 Å². The van der Waals surface area contributed by atoms with E-state index in [-0.39, 0.29) is 11.8 Å². The number of benzene rings is 2. The summed E-state index contributed by atoms with van der Waals surface area (Å²) in [6.45, 7) is 11.7. The Labute approximate surface area is 156 Å². The third-order valence-corrected chi connectivity index (χ3v) is 4.15. The van der Waals surface area contributed by atoms with Crippen molar-refractivity contribution in [3.63, 3.8) is 0 Å². The molecular weight excluding hydrogens is 324 g/mol. The van der Waals surface area contributed by atoms with E-state index >= 15 is 0 Å². The SMILES string of the molecule is CCc1cccc(C(=O)NN(C(=O)c2cc(C)cc(C)c2)C(C)(C)C)c1. The number of amides is 2. The van der Waals surface area contributed by atoms with E-state index < -0.39 is 5.54 Å². The number of hydrazine groups is 1. The third kappa shape index (κ3) is 4.72. The first kappa shape index (κ1) is 19.7. The Kier molecular flexibility index (Phi) is 5.86. The van der Waals surface area contributed by atoms with Crippen molar-refractivity contribution in [2.45, 2.75) is 53.5 Å². The van der Waals surface area contributed by atoms with Crippen LogP contribution in [0.3, 0.4) is 0 Å². The minimum atomic E-state index is -0.563. The molecular formula is C22H28N2O2. The number of carbonyl (C=O) groups excluding carboxylic acids is 2. The Hall–Kier alpha value is -2.62. The van der Waals surface area contributed by atoms with Gasteiger partial charge in [0.25, 0.3) is 11.8 Å². The van der Waals surface area contributed by atoms with Gasteiger partial charge in [0, 0.05) is 11.1 Å². The average molecular weight is 352 g/mol. The van der Waals surface area contributed by atoms with Crippen LogP contribution in [-0.2, 0) is 6.42 Å². The maximum atomic E-state index is 13.1. The summed E-state index contributed by atoms with van der Waals surface area (Å²) >= 11 is 0. The monoisotopic (exact) mass is 352 g/mol. The normalized spacial score (nSPS) is 11.2. The molecule has 0 spiro atoms. The van der Waals surface area contributed by atoms with Crippen LogP contribution in [0.15, 0.2) is 42.5 Å². The Morgan fingerprint density at radius 3 is 2.12 bits per heavy atom. The molecule has 1 N–H and O–H groups in total. The third-order valence-electron chi connectivity index (χ3n) is 4.15. The summed E-state index contributed by atoms with van der Waals surface area (Å²) in [6, 6.07) is 13.2. The second-order valence-corrected chi connectivity index (χ2v) is 7.68. The highest BCUT2D eigenvalue weighted by Crippen LogP contribution is 2.18. The fourth-order valence-electron chi connectivity index (χ4n) is 2.85. The van der Waals surface area contributed by atoms with E-state index in [9.17, 15) is 9.59 Å². The van der Waals surface area contributed by atoms with Crippen molar-refractivity contribution < 1.29 is 9.59 Å². The highest BCUT2D eigenvalue weighted by atomic mass is 16.2. The molecule has 2 amide bonds. The lowest BCUT2D eigenvalue weighted by Gasteiger charge is -2.35. The van der Waals surface area contributed by atoms with Crippen molar-refractivity contribution in [3.8, 4) is 0 Å². The number of aryl methyl sites for hydroxylation is 3. The molecule has 138 valence electrons. The summed E-state index contributed by atoms with van der Waals surface area (Å²) in [5.41, 5.74) is 6.48. The second-order valence-electron chi connectivity index (χ2n) is 7.68. The van der Waals surface area contributed by atoms with Crippen molar-refractivity contribution in [1.82, 2.24) is 10.4 Å². The van der Waals surface area contributed by atoms with E-state index in [4.69, 9.17) is 0 Å². The molecule has 2 rings (SSSR count). The molecule has 0 aromatic heterocycles. The molecule has 0 aliphatic carbocycles. The van der Waals surface area contributed by atoms with Crippen molar-refractivity contribution in [3.05, 3.63) is 70.3 Å². The van der Waals surface area contributed by atoms with Gasteiger partial charge in [-0.15, -0.1) is 0 Å². The van der Waals surface area contributed by atoms with E-state index in [1.54, 1.807) is 6.07 Å². The molecule has 0 radical (unpaired) electrons. The first-order valence-electron chi connectivity index (χ1n) is 8.94. The summed E-state index contributed by atoms with van der Waals surface area (Å²) in [6.07, 6.45) is 0.853. The molecule has 0 atom stereocenters. The largest absolute Gasteiger partial charge is 0.272 e. The van der Waals surface area contributed by atoms with Gasteiger partial charge in [0.1, 0.15) is 0 Å². The van der Waals surface area contributed by atoms with E-state index in [1.165, 1.54) is 5.01 Å². The topological polar surface area (TPSA) is 49.4 Å². The summed E-state index contributed by atoms with van der Waals surface area (Å²) in [5, 5.41) is 1.42. The van der Waals surface area contributed by atoms with Crippen LogP contribution >= 0.6 is 0 Å². The minimum absolute atomic E-state index is 0.218. The summed E-state index contributed by atoms with van der Waals surface area (Å²) in [4.78, 5) is 25.8. The molecule has 4 heteroatoms. The number of hydrogen-bond acceptors (Lipinski definition) is 2. The smallest absolute Gasteiger partial charge is 0.267 e. The van der Waals surface area contributed by atoms with E-state index in [2.05, 4.69) is 5.43 Å². The van der Waals surface area contributed by atoms with Gasteiger partial charge < -0.3 is 0 Å². The molecule has 2 aromatic rings. The van der Waals surface area contributed by atoms with Crippen LogP contribution in [-0.4, -0.2) is 22.4 Å². The number of carbonyl (C=O) groups is 2. The number of nitrogens with zero attached hydrogens (tertiary/aromatic N) is 1. The van der Waals surface area contributed by atoms with Crippen LogP contribution < -0.4 is 5.43 Å². The van der Waals surface area contributed by atoms with Crippen molar-refractivity contribution in [2.24, 2.45) is 0 Å². The second kappa shape index (κ2) is 7.73. The van der Waals surface area contributed by atoms with Crippen molar-refractivity contribution in [1.29, 1.82) is 0 Å². The van der Waals surface area contributed by atoms with E-state index in [0.717, 1.165) is 23.1 Å². The Morgan fingerprint density at radius 1 is 0.962 bits per heavy atom. The predicted molar refractivity (Wildman–Crippen MR) is 105 cm³/mol. The van der Waals surface area contributed by atoms with E-state index in [1.807, 2.05) is 77.9 Å². The molecule has 0 aliphatic heterocycles. The lowest BCUT2D eigenvalue weighted by molar-refractivity contribution is 0.0358. The average Bonchev–Trinajstić information content (AvgIpc) is 2.57. The maximum Gasteiger partial charge on any atom is 0.272 e. The summed E-state index contributed by atoms with van der Waals surface area (Å²) < 4.78 is 0. The predicted octanol–water partition coefficient (Wildman–Crippen LogP) is 4.45. The highest BCUT2D eigenvalue weighted by Gasteiger charge is 2.29. The van der Waals surface area contributed by atoms with Crippen LogP contribution in [0.4, 0.5) is 0 Å². The highest BCUT2D eigenvalue weighted by molar-refractivity contribution is 5.99. The first-order valence-corrected chi connectivity index (χ1v) is 8.94. The Morgan fingerprint density at radius 2 is 1.58 bits per heavy atom. The lowest BCUT2D eigenvalue weighted by atomic mass is 10.0. The molecule has 0 saturated heterocycles. The van der Waals surface area contributed by atoms with Gasteiger partial charge in [0.15, 0.2) is 0 Å². The Balaban J connectivity index is 2.32. The van der Waals surface area contributed by atoms with Gasteiger partial charge in [-0.3, -0.25) is 15.0 Å². The van der Waals surface area contributed by atoms with Crippen molar-refractivity contribution >= 4 is 11.8 Å². The number of nitrogens with one attached hydrogen (secondary N) is 1. The van der Waals surface area contributed by atoms with Gasteiger partial charge in [0.05, 0.1) is 5.54 Å². The van der Waals surface area contributed by atoms with Crippen LogP contribution in [0.5, 0.6) is 0 Å². The molecule has 0 fully saturated rings. The first-order chi connectivity index (χ1) is 12.1. The number of hydrogen-bond donors (Lipinski definition) is 1. The molecule has 0 bridgehead atoms. The van der Waals surface area contributed by atoms with Crippen LogP contribution in [0.2, 0.25) is 0 Å². The van der Waals surface area contributed by atoms with Gasteiger partial charge >= 0.3 is 0 Å². The zero-order valence-corrected chi connectivity index (χ0v) is 16.5. The fraction of sp³-hybridized carbons (Fsp3) is 0.364. The standard InChI is InChI=1S/C22H28N2O2/c1-7-17-9-8-10-18(14-17)20(25)23-24(22(4,5)6)21(26)19-12-15(2)11-16(3)13-19/h8-14H,7H2,1-6H3,(H,23,25). The van der Waals surface area contributed by atoms with Crippen molar-refractivity contribution in [2.75, 3.05) is 0 Å². The summed E-state index contributed by atoms with van der Waals surface area (Å²) in [5.74, 6) is -0.503. The van der Waals surface area contributed by atoms with E-state index in [0.29, 0.717) is 11.1 Å². The number of rotatable bonds is 3. The Bertz CT molecular complexity index is 799.